The number of rotatable bonds is 4. The first-order valence-electron chi connectivity index (χ1n) is 10.2. The molecule has 0 aliphatic carbocycles. The third kappa shape index (κ3) is 2.27. The second-order valence-corrected chi connectivity index (χ2v) is 7.57. The molecule has 1 saturated heterocycles. The van der Waals surface area contributed by atoms with Crippen molar-refractivity contribution in [2.75, 3.05) is 0 Å². The summed E-state index contributed by atoms with van der Waals surface area (Å²) < 4.78 is 13.6. The lowest BCUT2D eigenvalue weighted by atomic mass is 9.63. The van der Waals surface area contributed by atoms with Crippen molar-refractivity contribution in [1.29, 1.82) is 0 Å². The fraction of sp³-hybridized carbons (Fsp3) is 0.185. The minimum absolute atomic E-state index is 0.0678. The number of fused-ring (bicyclic) bond motifs is 3. The molecule has 144 valence electrons. The lowest BCUT2D eigenvalue weighted by molar-refractivity contribution is -0.190. The lowest BCUT2D eigenvalue weighted by Gasteiger charge is -2.39. The fourth-order valence-corrected chi connectivity index (χ4v) is 5.10. The number of allylic oxidation sites excluding steroid dienone is 2. The van der Waals surface area contributed by atoms with Gasteiger partial charge < -0.3 is 9.47 Å². The average molecular weight is 380 g/mol. The van der Waals surface area contributed by atoms with Gasteiger partial charge in [0.2, 0.25) is 0 Å². The van der Waals surface area contributed by atoms with Gasteiger partial charge in [-0.3, -0.25) is 0 Å². The molecule has 2 nitrogen and oxygen atoms in total. The normalized spacial score (nSPS) is 28.6. The topological polar surface area (TPSA) is 18.5 Å². The summed E-state index contributed by atoms with van der Waals surface area (Å²) in [5.41, 5.74) is 3.93. The van der Waals surface area contributed by atoms with Crippen LogP contribution in [0.4, 0.5) is 0 Å². The molecule has 3 unspecified atom stereocenters. The molecule has 5 rings (SSSR count). The van der Waals surface area contributed by atoms with Gasteiger partial charge in [-0.05, 0) is 23.6 Å². The maximum atomic E-state index is 6.88. The minimum Gasteiger partial charge on any atom is -0.456 e. The van der Waals surface area contributed by atoms with Crippen molar-refractivity contribution in [1.82, 2.24) is 0 Å². The van der Waals surface area contributed by atoms with Crippen molar-refractivity contribution >= 4 is 0 Å². The highest BCUT2D eigenvalue weighted by molar-refractivity contribution is 5.65. The Labute approximate surface area is 172 Å². The van der Waals surface area contributed by atoms with E-state index < -0.39 is 11.2 Å². The first-order chi connectivity index (χ1) is 14.3. The number of ether oxygens (including phenoxy) is 2. The monoisotopic (exact) mass is 380 g/mol. The third-order valence-corrected chi connectivity index (χ3v) is 6.16. The smallest absolute Gasteiger partial charge is 0.255 e. The van der Waals surface area contributed by atoms with Gasteiger partial charge in [-0.1, -0.05) is 105 Å². The van der Waals surface area contributed by atoms with Crippen LogP contribution in [0.1, 0.15) is 30.0 Å². The quantitative estimate of drug-likeness (QED) is 0.541. The van der Waals surface area contributed by atoms with E-state index in [4.69, 9.17) is 9.47 Å². The van der Waals surface area contributed by atoms with Crippen molar-refractivity contribution < 1.29 is 9.47 Å². The Morgan fingerprint density at radius 3 is 2.14 bits per heavy atom. The molecule has 0 spiro atoms. The van der Waals surface area contributed by atoms with Gasteiger partial charge in [-0.25, -0.2) is 0 Å². The van der Waals surface area contributed by atoms with Crippen molar-refractivity contribution in [2.45, 2.75) is 30.7 Å². The molecule has 0 aromatic heterocycles. The third-order valence-electron chi connectivity index (χ3n) is 6.16. The minimum atomic E-state index is -0.963. The summed E-state index contributed by atoms with van der Waals surface area (Å²) in [6.45, 7) is 6.17. The summed E-state index contributed by atoms with van der Waals surface area (Å²) in [6.07, 6.45) is 4.78. The van der Waals surface area contributed by atoms with E-state index in [-0.39, 0.29) is 6.10 Å². The van der Waals surface area contributed by atoms with E-state index in [0.29, 0.717) is 0 Å². The summed E-state index contributed by atoms with van der Waals surface area (Å²) in [6, 6.07) is 29.2. The van der Waals surface area contributed by atoms with Crippen LogP contribution in [0.25, 0.3) is 0 Å². The van der Waals surface area contributed by atoms with Crippen molar-refractivity contribution in [3.05, 3.63) is 126 Å². The highest BCUT2D eigenvalue weighted by Crippen LogP contribution is 2.67. The summed E-state index contributed by atoms with van der Waals surface area (Å²) >= 11 is 0. The Morgan fingerprint density at radius 1 is 0.862 bits per heavy atom. The van der Waals surface area contributed by atoms with Crippen LogP contribution in [0.15, 0.2) is 109 Å². The van der Waals surface area contributed by atoms with Crippen LogP contribution in [-0.2, 0) is 15.9 Å². The van der Waals surface area contributed by atoms with E-state index in [9.17, 15) is 0 Å². The number of benzene rings is 3. The molecule has 2 heterocycles. The Bertz CT molecular complexity index is 1070. The Hall–Kier alpha value is -3.10. The summed E-state index contributed by atoms with van der Waals surface area (Å²) in [4.78, 5) is 0. The van der Waals surface area contributed by atoms with Crippen LogP contribution in [-0.4, -0.2) is 6.10 Å². The van der Waals surface area contributed by atoms with Gasteiger partial charge in [0.05, 0.1) is 6.10 Å². The maximum absolute atomic E-state index is 6.88. The first kappa shape index (κ1) is 18.0. The van der Waals surface area contributed by atoms with Gasteiger partial charge in [0.15, 0.2) is 0 Å². The van der Waals surface area contributed by atoms with E-state index in [1.165, 1.54) is 5.57 Å². The molecule has 0 amide bonds. The molecule has 2 heteroatoms. The van der Waals surface area contributed by atoms with Gasteiger partial charge >= 0.3 is 0 Å². The average Bonchev–Trinajstić information content (AvgIpc) is 3.23. The maximum Gasteiger partial charge on any atom is 0.255 e. The Kier molecular flexibility index (Phi) is 4.18. The largest absolute Gasteiger partial charge is 0.456 e. The van der Waals surface area contributed by atoms with Gasteiger partial charge in [0.1, 0.15) is 11.2 Å². The van der Waals surface area contributed by atoms with Gasteiger partial charge in [-0.15, -0.1) is 0 Å². The van der Waals surface area contributed by atoms with Gasteiger partial charge in [-0.2, -0.15) is 0 Å². The number of hydrogen-bond donors (Lipinski definition) is 0. The Balaban J connectivity index is 1.94. The molecule has 2 aliphatic rings. The molecular formula is C27H24O2. The zero-order valence-electron chi connectivity index (χ0n) is 16.5. The number of para-hydroxylation sites is 1. The molecule has 3 atom stereocenters. The molecule has 3 aromatic carbocycles. The fourth-order valence-electron chi connectivity index (χ4n) is 5.10. The van der Waals surface area contributed by atoms with Gasteiger partial charge in [0, 0.05) is 11.1 Å². The van der Waals surface area contributed by atoms with Crippen LogP contribution < -0.4 is 4.74 Å². The summed E-state index contributed by atoms with van der Waals surface area (Å²) in [7, 11) is 0. The van der Waals surface area contributed by atoms with E-state index in [2.05, 4.69) is 74.2 Å². The van der Waals surface area contributed by atoms with Crippen molar-refractivity contribution in [3.8, 4) is 5.75 Å². The standard InChI is InChI=1S/C27H24O2/c1-3-13-22-24(4-2)28-27(21-16-9-6-10-17-21)26(22,20-14-7-5-8-15-20)23-18-11-12-19-25(23)29-27/h3,5-19,24H,1,4H2,2H3/b22-13+. The highest BCUT2D eigenvalue weighted by atomic mass is 16.7. The predicted molar refractivity (Wildman–Crippen MR) is 116 cm³/mol. The Morgan fingerprint density at radius 2 is 1.48 bits per heavy atom. The molecule has 0 saturated carbocycles. The molecule has 3 aromatic rings. The zero-order chi connectivity index (χ0) is 19.9. The number of hydrogen-bond acceptors (Lipinski definition) is 2. The summed E-state index contributed by atoms with van der Waals surface area (Å²) in [5, 5.41) is 0. The summed E-state index contributed by atoms with van der Waals surface area (Å²) in [5.74, 6) is -0.0980. The van der Waals surface area contributed by atoms with Crippen LogP contribution in [0.2, 0.25) is 0 Å². The molecule has 1 fully saturated rings. The SMILES string of the molecule is C=C/C=C1\C(CC)OC2(c3ccccc3)Oc3ccccc3C12c1ccccc1. The van der Waals surface area contributed by atoms with Crippen LogP contribution in [0.3, 0.4) is 0 Å². The van der Waals surface area contributed by atoms with Crippen LogP contribution in [0, 0.1) is 0 Å². The molecular weight excluding hydrogens is 356 g/mol. The van der Waals surface area contributed by atoms with Crippen molar-refractivity contribution in [3.63, 3.8) is 0 Å². The van der Waals surface area contributed by atoms with E-state index in [1.807, 2.05) is 36.4 Å². The van der Waals surface area contributed by atoms with Crippen molar-refractivity contribution in [2.24, 2.45) is 0 Å². The second kappa shape index (κ2) is 6.75. The molecule has 0 N–H and O–H groups in total. The van der Waals surface area contributed by atoms with E-state index in [1.54, 1.807) is 0 Å². The molecule has 29 heavy (non-hydrogen) atoms. The second-order valence-electron chi connectivity index (χ2n) is 7.57. The van der Waals surface area contributed by atoms with E-state index in [0.717, 1.165) is 28.9 Å². The van der Waals surface area contributed by atoms with E-state index >= 15 is 0 Å². The molecule has 2 aliphatic heterocycles. The van der Waals surface area contributed by atoms with Crippen LogP contribution in [0.5, 0.6) is 5.75 Å². The molecule has 0 radical (unpaired) electrons. The van der Waals surface area contributed by atoms with Crippen LogP contribution >= 0.6 is 0 Å². The zero-order valence-corrected chi connectivity index (χ0v) is 16.5. The predicted octanol–water partition coefficient (Wildman–Crippen LogP) is 6.14. The first-order valence-corrected chi connectivity index (χ1v) is 10.2. The lowest BCUT2D eigenvalue weighted by Crippen LogP contribution is -2.47. The molecule has 0 bridgehead atoms. The van der Waals surface area contributed by atoms with Gasteiger partial charge in [0.25, 0.3) is 5.79 Å². The highest BCUT2D eigenvalue weighted by Gasteiger charge is 2.71.